The van der Waals surface area contributed by atoms with E-state index in [2.05, 4.69) is 28.2 Å². The number of carbonyl (C=O) groups is 1. The molecule has 0 saturated heterocycles. The quantitative estimate of drug-likeness (QED) is 0.794. The van der Waals surface area contributed by atoms with Crippen LogP contribution in [-0.4, -0.2) is 5.91 Å². The van der Waals surface area contributed by atoms with Crippen molar-refractivity contribution in [3.63, 3.8) is 0 Å². The Bertz CT molecular complexity index is 628. The lowest BCUT2D eigenvalue weighted by molar-refractivity contribution is 0.102. The molecule has 0 atom stereocenters. The Morgan fingerprint density at radius 1 is 1.25 bits per heavy atom. The molecule has 0 radical (unpaired) electrons. The van der Waals surface area contributed by atoms with Crippen molar-refractivity contribution in [3.8, 4) is 0 Å². The van der Waals surface area contributed by atoms with Gasteiger partial charge in [0.2, 0.25) is 0 Å². The Hall–Kier alpha value is -1.32. The summed E-state index contributed by atoms with van der Waals surface area (Å²) in [4.78, 5) is 12.3. The fourth-order valence-electron chi connectivity index (χ4n) is 1.99. The topological polar surface area (TPSA) is 29.1 Å². The van der Waals surface area contributed by atoms with Crippen LogP contribution in [0.25, 0.3) is 0 Å². The van der Waals surface area contributed by atoms with Crippen LogP contribution in [-0.2, 0) is 6.42 Å². The molecule has 0 aromatic heterocycles. The Morgan fingerprint density at radius 2 is 2.00 bits per heavy atom. The third-order valence-electron chi connectivity index (χ3n) is 2.96. The fraction of sp³-hybridized carbons (Fsp3) is 0.188. The highest BCUT2D eigenvalue weighted by molar-refractivity contribution is 9.10. The van der Waals surface area contributed by atoms with Gasteiger partial charge in [0.15, 0.2) is 0 Å². The first-order valence-corrected chi connectivity index (χ1v) is 7.63. The molecule has 20 heavy (non-hydrogen) atoms. The van der Waals surface area contributed by atoms with E-state index < -0.39 is 0 Å². The van der Waals surface area contributed by atoms with Crippen LogP contribution in [0.15, 0.2) is 46.9 Å². The number of hydrogen-bond acceptors (Lipinski definition) is 1. The number of anilines is 1. The first kappa shape index (κ1) is 15.1. The average Bonchev–Trinajstić information content (AvgIpc) is 2.41. The Balaban J connectivity index is 2.23. The Labute approximate surface area is 132 Å². The highest BCUT2D eigenvalue weighted by atomic mass is 79.9. The van der Waals surface area contributed by atoms with Crippen LogP contribution >= 0.6 is 27.5 Å². The molecule has 2 aromatic carbocycles. The van der Waals surface area contributed by atoms with Crippen molar-refractivity contribution in [2.75, 3.05) is 5.32 Å². The van der Waals surface area contributed by atoms with Crippen LogP contribution < -0.4 is 5.32 Å². The molecule has 1 N–H and O–H groups in total. The van der Waals surface area contributed by atoms with Crippen molar-refractivity contribution in [3.05, 3.63) is 63.1 Å². The van der Waals surface area contributed by atoms with E-state index >= 15 is 0 Å². The SMILES string of the molecule is CCCc1ccccc1NC(=O)c1ccc(Cl)cc1Br. The maximum absolute atomic E-state index is 12.3. The monoisotopic (exact) mass is 351 g/mol. The summed E-state index contributed by atoms with van der Waals surface area (Å²) in [6.07, 6.45) is 1.98. The molecule has 0 heterocycles. The van der Waals surface area contributed by atoms with E-state index in [1.807, 2.05) is 24.3 Å². The van der Waals surface area contributed by atoms with Gasteiger partial charge < -0.3 is 5.32 Å². The third-order valence-corrected chi connectivity index (χ3v) is 3.85. The molecular formula is C16H15BrClNO. The molecule has 0 saturated carbocycles. The normalized spacial score (nSPS) is 10.3. The number of benzene rings is 2. The fourth-order valence-corrected chi connectivity index (χ4v) is 2.86. The van der Waals surface area contributed by atoms with Gasteiger partial charge in [-0.1, -0.05) is 43.1 Å². The molecule has 4 heteroatoms. The van der Waals surface area contributed by atoms with E-state index in [1.165, 1.54) is 0 Å². The van der Waals surface area contributed by atoms with Gasteiger partial charge in [-0.2, -0.15) is 0 Å². The van der Waals surface area contributed by atoms with E-state index in [0.29, 0.717) is 15.1 Å². The predicted molar refractivity (Wildman–Crippen MR) is 87.5 cm³/mol. The van der Waals surface area contributed by atoms with Gasteiger partial charge >= 0.3 is 0 Å². The smallest absolute Gasteiger partial charge is 0.256 e. The summed E-state index contributed by atoms with van der Waals surface area (Å²) in [5.74, 6) is -0.142. The lowest BCUT2D eigenvalue weighted by Gasteiger charge is -2.11. The zero-order valence-electron chi connectivity index (χ0n) is 11.1. The highest BCUT2D eigenvalue weighted by Gasteiger charge is 2.12. The van der Waals surface area contributed by atoms with Gasteiger partial charge in [-0.05, 0) is 52.2 Å². The number of hydrogen-bond donors (Lipinski definition) is 1. The van der Waals surface area contributed by atoms with Gasteiger partial charge in [-0.25, -0.2) is 0 Å². The Kier molecular flexibility index (Phi) is 5.21. The van der Waals surface area contributed by atoms with Crippen molar-refractivity contribution in [1.82, 2.24) is 0 Å². The summed E-state index contributed by atoms with van der Waals surface area (Å²) in [5, 5.41) is 3.56. The zero-order valence-corrected chi connectivity index (χ0v) is 13.5. The molecule has 0 unspecified atom stereocenters. The number of rotatable bonds is 4. The standard InChI is InChI=1S/C16H15BrClNO/c1-2-5-11-6-3-4-7-15(11)19-16(20)13-9-8-12(18)10-14(13)17/h3-4,6-10H,2,5H2,1H3,(H,19,20). The summed E-state index contributed by atoms with van der Waals surface area (Å²) in [6.45, 7) is 2.12. The minimum absolute atomic E-state index is 0.142. The number of carbonyl (C=O) groups excluding carboxylic acids is 1. The molecule has 0 spiro atoms. The van der Waals surface area contributed by atoms with Crippen LogP contribution in [0.1, 0.15) is 29.3 Å². The van der Waals surface area contributed by atoms with Gasteiger partial charge in [0.1, 0.15) is 0 Å². The number of amides is 1. The van der Waals surface area contributed by atoms with Crippen molar-refractivity contribution < 1.29 is 4.79 Å². The van der Waals surface area contributed by atoms with E-state index in [4.69, 9.17) is 11.6 Å². The second-order valence-electron chi connectivity index (χ2n) is 4.49. The minimum Gasteiger partial charge on any atom is -0.322 e. The third kappa shape index (κ3) is 3.62. The van der Waals surface area contributed by atoms with Crippen LogP contribution in [0, 0.1) is 0 Å². The van der Waals surface area contributed by atoms with E-state index in [1.54, 1.807) is 18.2 Å². The van der Waals surface area contributed by atoms with E-state index in [-0.39, 0.29) is 5.91 Å². The first-order valence-electron chi connectivity index (χ1n) is 6.46. The Morgan fingerprint density at radius 3 is 2.70 bits per heavy atom. The zero-order chi connectivity index (χ0) is 14.5. The number of halogens is 2. The van der Waals surface area contributed by atoms with Crippen LogP contribution in [0.4, 0.5) is 5.69 Å². The van der Waals surface area contributed by atoms with E-state index in [0.717, 1.165) is 24.1 Å². The van der Waals surface area contributed by atoms with E-state index in [9.17, 15) is 4.79 Å². The van der Waals surface area contributed by atoms with Gasteiger partial charge in [-0.15, -0.1) is 0 Å². The molecule has 2 aromatic rings. The first-order chi connectivity index (χ1) is 9.61. The van der Waals surface area contributed by atoms with Crippen molar-refractivity contribution >= 4 is 39.1 Å². The second-order valence-corrected chi connectivity index (χ2v) is 5.78. The second kappa shape index (κ2) is 6.91. The molecule has 0 bridgehead atoms. The number of para-hydroxylation sites is 1. The maximum atomic E-state index is 12.3. The lowest BCUT2D eigenvalue weighted by atomic mass is 10.1. The summed E-state index contributed by atoms with van der Waals surface area (Å²) < 4.78 is 0.690. The van der Waals surface area contributed by atoms with Crippen molar-refractivity contribution in [2.45, 2.75) is 19.8 Å². The molecule has 2 rings (SSSR count). The summed E-state index contributed by atoms with van der Waals surface area (Å²) in [6, 6.07) is 13.0. The molecule has 0 aliphatic rings. The van der Waals surface area contributed by atoms with Gasteiger partial charge in [0.25, 0.3) is 5.91 Å². The highest BCUT2D eigenvalue weighted by Crippen LogP contribution is 2.24. The number of aryl methyl sites for hydroxylation is 1. The van der Waals surface area contributed by atoms with Gasteiger partial charge in [-0.3, -0.25) is 4.79 Å². The molecule has 0 aliphatic carbocycles. The maximum Gasteiger partial charge on any atom is 0.256 e. The molecular weight excluding hydrogens is 338 g/mol. The van der Waals surface area contributed by atoms with Crippen molar-refractivity contribution in [2.24, 2.45) is 0 Å². The lowest BCUT2D eigenvalue weighted by Crippen LogP contribution is -2.13. The van der Waals surface area contributed by atoms with Crippen LogP contribution in [0.5, 0.6) is 0 Å². The number of nitrogens with one attached hydrogen (secondary N) is 1. The van der Waals surface area contributed by atoms with Crippen molar-refractivity contribution in [1.29, 1.82) is 0 Å². The van der Waals surface area contributed by atoms with Gasteiger partial charge in [0, 0.05) is 15.2 Å². The molecule has 2 nitrogen and oxygen atoms in total. The average molecular weight is 353 g/mol. The predicted octanol–water partition coefficient (Wildman–Crippen LogP) is 5.31. The summed E-state index contributed by atoms with van der Waals surface area (Å²) >= 11 is 9.25. The molecule has 0 fully saturated rings. The minimum atomic E-state index is -0.142. The van der Waals surface area contributed by atoms with Crippen LogP contribution in [0.2, 0.25) is 5.02 Å². The largest absolute Gasteiger partial charge is 0.322 e. The van der Waals surface area contributed by atoms with Gasteiger partial charge in [0.05, 0.1) is 5.56 Å². The van der Waals surface area contributed by atoms with Crippen LogP contribution in [0.3, 0.4) is 0 Å². The molecule has 0 aliphatic heterocycles. The molecule has 104 valence electrons. The molecule has 1 amide bonds. The summed E-state index contributed by atoms with van der Waals surface area (Å²) in [7, 11) is 0. The summed E-state index contributed by atoms with van der Waals surface area (Å²) in [5.41, 5.74) is 2.58.